The number of hydrogen-bond donors (Lipinski definition) is 0. The first kappa shape index (κ1) is 12.7. The van der Waals surface area contributed by atoms with E-state index in [1.807, 2.05) is 0 Å². The highest BCUT2D eigenvalue weighted by Crippen LogP contribution is 2.49. The van der Waals surface area contributed by atoms with Gasteiger partial charge in [-0.2, -0.15) is 0 Å². The van der Waals surface area contributed by atoms with Crippen molar-refractivity contribution < 1.29 is 0 Å². The Morgan fingerprint density at radius 3 is 1.52 bits per heavy atom. The Bertz CT molecular complexity index is 904. The van der Waals surface area contributed by atoms with Crippen molar-refractivity contribution in [1.82, 2.24) is 0 Å². The molecule has 0 atom stereocenters. The topological polar surface area (TPSA) is 0 Å². The van der Waals surface area contributed by atoms with E-state index in [1.54, 1.807) is 0 Å². The van der Waals surface area contributed by atoms with Crippen molar-refractivity contribution in [3.8, 4) is 22.3 Å². The Balaban J connectivity index is 1.78. The normalized spacial score (nSPS) is 13.0. The minimum Gasteiger partial charge on any atom is -0.0622 e. The van der Waals surface area contributed by atoms with Gasteiger partial charge < -0.3 is 0 Å². The number of benzene rings is 2. The molecule has 0 N–H and O–H groups in total. The second-order valence-corrected chi connectivity index (χ2v) is 6.22. The van der Waals surface area contributed by atoms with E-state index in [2.05, 4.69) is 91.0 Å². The Kier molecular flexibility index (Phi) is 2.65. The summed E-state index contributed by atoms with van der Waals surface area (Å²) in [6.45, 7) is 0. The lowest BCUT2D eigenvalue weighted by Crippen LogP contribution is -1.96. The molecular weight excluding hydrogens is 276 g/mol. The quantitative estimate of drug-likeness (QED) is 0.358. The van der Waals surface area contributed by atoms with E-state index in [4.69, 9.17) is 0 Å². The summed E-state index contributed by atoms with van der Waals surface area (Å²) in [4.78, 5) is 0. The fourth-order valence-corrected chi connectivity index (χ4v) is 3.92. The minimum absolute atomic E-state index is 0.347. The molecule has 0 bridgehead atoms. The molecule has 5 rings (SSSR count). The molecule has 3 aliphatic carbocycles. The lowest BCUT2D eigenvalue weighted by molar-refractivity contribution is 1.02. The SMILES string of the molecule is c1ccc2cc(C3c4ccccc4-c4ccccc43)cc-2cc1. The number of rotatable bonds is 1. The third-order valence-electron chi connectivity index (χ3n) is 4.92. The zero-order valence-electron chi connectivity index (χ0n) is 12.7. The summed E-state index contributed by atoms with van der Waals surface area (Å²) in [6.07, 6.45) is 0. The van der Waals surface area contributed by atoms with E-state index in [9.17, 15) is 0 Å². The summed E-state index contributed by atoms with van der Waals surface area (Å²) in [5.41, 5.74) is 9.62. The Labute approximate surface area is 136 Å². The van der Waals surface area contributed by atoms with Crippen LogP contribution in [0.15, 0.2) is 91.0 Å². The maximum atomic E-state index is 2.35. The van der Waals surface area contributed by atoms with E-state index in [-0.39, 0.29) is 0 Å². The first-order chi connectivity index (χ1) is 11.4. The minimum atomic E-state index is 0.347. The predicted molar refractivity (Wildman–Crippen MR) is 95.9 cm³/mol. The molecule has 0 aromatic heterocycles. The van der Waals surface area contributed by atoms with Gasteiger partial charge in [-0.1, -0.05) is 91.0 Å². The summed E-state index contributed by atoms with van der Waals surface area (Å²) in [5.74, 6) is 0.347. The van der Waals surface area contributed by atoms with Gasteiger partial charge in [-0.25, -0.2) is 0 Å². The third-order valence-corrected chi connectivity index (χ3v) is 4.92. The molecule has 0 fully saturated rings. The average molecular weight is 292 g/mol. The standard InChI is InChI=1S/C23H16/c1-2-8-16-14-18(15-17(16)9-3-1)23-21-12-6-4-10-19(21)20-11-5-7-13-22(20)23/h1-15,23H. The first-order valence-corrected chi connectivity index (χ1v) is 8.09. The van der Waals surface area contributed by atoms with Crippen LogP contribution in [0.4, 0.5) is 0 Å². The molecule has 0 aliphatic heterocycles. The monoisotopic (exact) mass is 292 g/mol. The van der Waals surface area contributed by atoms with Crippen LogP contribution in [0, 0.1) is 0 Å². The van der Waals surface area contributed by atoms with Crippen LogP contribution in [0.5, 0.6) is 0 Å². The van der Waals surface area contributed by atoms with Crippen molar-refractivity contribution in [1.29, 1.82) is 0 Å². The molecule has 2 aromatic rings. The molecule has 0 heteroatoms. The smallest absolute Gasteiger partial charge is 0.0352 e. The molecule has 2 aromatic carbocycles. The molecule has 108 valence electrons. The van der Waals surface area contributed by atoms with Crippen LogP contribution in [-0.4, -0.2) is 0 Å². The molecule has 0 unspecified atom stereocenters. The fourth-order valence-electron chi connectivity index (χ4n) is 3.92. The second-order valence-electron chi connectivity index (χ2n) is 6.22. The van der Waals surface area contributed by atoms with Gasteiger partial charge in [-0.05, 0) is 38.9 Å². The Morgan fingerprint density at radius 2 is 0.957 bits per heavy atom. The van der Waals surface area contributed by atoms with Gasteiger partial charge in [-0.3, -0.25) is 0 Å². The molecule has 0 saturated carbocycles. The number of fused-ring (bicyclic) bond motifs is 4. The lowest BCUT2D eigenvalue weighted by Gasteiger charge is -2.12. The van der Waals surface area contributed by atoms with E-state index in [1.165, 1.54) is 38.9 Å². The van der Waals surface area contributed by atoms with Gasteiger partial charge in [0, 0.05) is 5.92 Å². The Hall–Kier alpha value is -2.86. The van der Waals surface area contributed by atoms with E-state index in [0.29, 0.717) is 5.92 Å². The van der Waals surface area contributed by atoms with Gasteiger partial charge in [0.15, 0.2) is 0 Å². The predicted octanol–water partition coefficient (Wildman–Crippen LogP) is 5.95. The third kappa shape index (κ3) is 1.85. The largest absolute Gasteiger partial charge is 0.0622 e. The summed E-state index contributed by atoms with van der Waals surface area (Å²) < 4.78 is 0. The van der Waals surface area contributed by atoms with E-state index < -0.39 is 0 Å². The molecule has 0 radical (unpaired) electrons. The first-order valence-electron chi connectivity index (χ1n) is 8.09. The highest BCUT2D eigenvalue weighted by Gasteiger charge is 2.30. The molecule has 0 amide bonds. The summed E-state index contributed by atoms with van der Waals surface area (Å²) >= 11 is 0. The maximum absolute atomic E-state index is 2.35. The van der Waals surface area contributed by atoms with Crippen molar-refractivity contribution in [2.45, 2.75) is 5.92 Å². The van der Waals surface area contributed by atoms with Crippen molar-refractivity contribution in [3.63, 3.8) is 0 Å². The van der Waals surface area contributed by atoms with Crippen LogP contribution in [0.25, 0.3) is 22.3 Å². The Morgan fingerprint density at radius 1 is 0.478 bits per heavy atom. The molecule has 0 spiro atoms. The zero-order chi connectivity index (χ0) is 15.2. The summed E-state index contributed by atoms with van der Waals surface area (Å²) in [7, 11) is 0. The molecule has 0 nitrogen and oxygen atoms in total. The van der Waals surface area contributed by atoms with Gasteiger partial charge in [0.05, 0.1) is 0 Å². The number of hydrogen-bond acceptors (Lipinski definition) is 0. The summed E-state index contributed by atoms with van der Waals surface area (Å²) in [5, 5.41) is 0. The van der Waals surface area contributed by atoms with Crippen molar-refractivity contribution >= 4 is 0 Å². The van der Waals surface area contributed by atoms with Crippen molar-refractivity contribution in [2.75, 3.05) is 0 Å². The van der Waals surface area contributed by atoms with Crippen LogP contribution in [-0.2, 0) is 0 Å². The van der Waals surface area contributed by atoms with Gasteiger partial charge in [0.25, 0.3) is 0 Å². The highest BCUT2D eigenvalue weighted by molar-refractivity contribution is 5.82. The van der Waals surface area contributed by atoms with Crippen LogP contribution in [0.2, 0.25) is 0 Å². The van der Waals surface area contributed by atoms with Crippen LogP contribution in [0.1, 0.15) is 22.6 Å². The molecule has 23 heavy (non-hydrogen) atoms. The lowest BCUT2D eigenvalue weighted by atomic mass is 9.91. The fraction of sp³-hybridized carbons (Fsp3) is 0.0435. The second kappa shape index (κ2) is 4.82. The van der Waals surface area contributed by atoms with Gasteiger partial charge in [0.2, 0.25) is 0 Å². The zero-order valence-corrected chi connectivity index (χ0v) is 12.7. The van der Waals surface area contributed by atoms with Crippen LogP contribution >= 0.6 is 0 Å². The molecule has 0 saturated heterocycles. The van der Waals surface area contributed by atoms with E-state index >= 15 is 0 Å². The van der Waals surface area contributed by atoms with Crippen LogP contribution < -0.4 is 0 Å². The van der Waals surface area contributed by atoms with Crippen molar-refractivity contribution in [3.05, 3.63) is 108 Å². The van der Waals surface area contributed by atoms with Gasteiger partial charge in [0.1, 0.15) is 0 Å². The summed E-state index contributed by atoms with van der Waals surface area (Å²) in [6, 6.07) is 33.0. The maximum Gasteiger partial charge on any atom is 0.0352 e. The average Bonchev–Trinajstić information content (AvgIpc) is 3.06. The van der Waals surface area contributed by atoms with Crippen LogP contribution in [0.3, 0.4) is 0 Å². The molecule has 0 heterocycles. The highest BCUT2D eigenvalue weighted by atomic mass is 14.3. The van der Waals surface area contributed by atoms with Gasteiger partial charge in [-0.15, -0.1) is 0 Å². The van der Waals surface area contributed by atoms with Gasteiger partial charge >= 0.3 is 0 Å². The molecule has 3 aliphatic rings. The van der Waals surface area contributed by atoms with E-state index in [0.717, 1.165) is 0 Å². The molecular formula is C23H16. The van der Waals surface area contributed by atoms with Crippen molar-refractivity contribution in [2.24, 2.45) is 0 Å².